The first-order valence-corrected chi connectivity index (χ1v) is 8.58. The van der Waals surface area contributed by atoms with Gasteiger partial charge in [-0.2, -0.15) is 4.98 Å². The molecule has 5 nitrogen and oxygen atoms in total. The lowest BCUT2D eigenvalue weighted by Crippen LogP contribution is -2.05. The molecule has 1 heterocycles. The predicted octanol–water partition coefficient (Wildman–Crippen LogP) is 5.09. The van der Waals surface area contributed by atoms with Gasteiger partial charge in [0.25, 0.3) is 5.89 Å². The Morgan fingerprint density at radius 1 is 0.926 bits per heavy atom. The van der Waals surface area contributed by atoms with E-state index in [4.69, 9.17) is 4.52 Å². The molecule has 0 aliphatic carbocycles. The zero-order valence-corrected chi connectivity index (χ0v) is 16.2. The van der Waals surface area contributed by atoms with E-state index in [2.05, 4.69) is 10.1 Å². The Kier molecular flexibility index (Phi) is 4.59. The fourth-order valence-electron chi connectivity index (χ4n) is 3.33. The highest BCUT2D eigenvalue weighted by Gasteiger charge is 2.23. The molecule has 0 saturated heterocycles. The number of hydrogen-bond acceptors (Lipinski definition) is 4. The molecule has 1 aromatic heterocycles. The number of rotatable bonds is 3. The second-order valence-corrected chi connectivity index (χ2v) is 6.89. The fraction of sp³-hybridized carbons (Fsp3) is 0.286. The normalized spacial score (nSPS) is 11.1. The molecular formula is C21H21FN2O3. The Labute approximate surface area is 156 Å². The van der Waals surface area contributed by atoms with Crippen LogP contribution in [-0.2, 0) is 0 Å². The van der Waals surface area contributed by atoms with Gasteiger partial charge in [0.1, 0.15) is 5.82 Å². The number of aromatic nitrogens is 2. The SMILES string of the molecule is Cc1cc(F)c(-c2nc(-c3c(C)c(C)cc(C(=O)O)c3C)no2)c(C)c1C. The van der Waals surface area contributed by atoms with Crippen molar-refractivity contribution < 1.29 is 18.8 Å². The topological polar surface area (TPSA) is 76.2 Å². The van der Waals surface area contributed by atoms with Crippen molar-refractivity contribution >= 4 is 5.97 Å². The average Bonchev–Trinajstić information content (AvgIpc) is 3.05. The van der Waals surface area contributed by atoms with E-state index in [0.29, 0.717) is 11.1 Å². The van der Waals surface area contributed by atoms with Gasteiger partial charge in [-0.05, 0) is 87.1 Å². The maximum absolute atomic E-state index is 14.6. The van der Waals surface area contributed by atoms with Crippen LogP contribution in [0.25, 0.3) is 22.8 Å². The van der Waals surface area contributed by atoms with Crippen molar-refractivity contribution in [2.45, 2.75) is 41.5 Å². The summed E-state index contributed by atoms with van der Waals surface area (Å²) in [6, 6.07) is 3.08. The van der Waals surface area contributed by atoms with Crippen LogP contribution in [-0.4, -0.2) is 21.2 Å². The number of hydrogen-bond donors (Lipinski definition) is 1. The first-order chi connectivity index (χ1) is 12.6. The lowest BCUT2D eigenvalue weighted by atomic mass is 9.93. The fourth-order valence-corrected chi connectivity index (χ4v) is 3.33. The van der Waals surface area contributed by atoms with E-state index in [1.54, 1.807) is 13.0 Å². The molecule has 0 aliphatic heterocycles. The van der Waals surface area contributed by atoms with Crippen molar-refractivity contribution in [2.75, 3.05) is 0 Å². The zero-order chi connectivity index (χ0) is 20.0. The van der Waals surface area contributed by atoms with Gasteiger partial charge in [0.2, 0.25) is 5.82 Å². The quantitative estimate of drug-likeness (QED) is 0.697. The van der Waals surface area contributed by atoms with Gasteiger partial charge in [0.15, 0.2) is 0 Å². The zero-order valence-electron chi connectivity index (χ0n) is 16.2. The minimum atomic E-state index is -1.02. The van der Waals surface area contributed by atoms with Crippen LogP contribution < -0.4 is 0 Å². The third-order valence-electron chi connectivity index (χ3n) is 5.31. The van der Waals surface area contributed by atoms with E-state index in [9.17, 15) is 14.3 Å². The molecule has 0 saturated carbocycles. The molecule has 0 amide bonds. The lowest BCUT2D eigenvalue weighted by Gasteiger charge is -2.12. The van der Waals surface area contributed by atoms with Crippen LogP contribution in [0.1, 0.15) is 43.7 Å². The van der Waals surface area contributed by atoms with Gasteiger partial charge >= 0.3 is 5.97 Å². The van der Waals surface area contributed by atoms with E-state index in [-0.39, 0.29) is 22.8 Å². The highest BCUT2D eigenvalue weighted by Crippen LogP contribution is 2.34. The minimum absolute atomic E-state index is 0.0836. The maximum Gasteiger partial charge on any atom is 0.335 e. The third kappa shape index (κ3) is 3.01. The number of carboxylic acids is 1. The summed E-state index contributed by atoms with van der Waals surface area (Å²) in [7, 11) is 0. The van der Waals surface area contributed by atoms with Crippen LogP contribution in [0.15, 0.2) is 16.7 Å². The van der Waals surface area contributed by atoms with Gasteiger partial charge in [-0.15, -0.1) is 0 Å². The van der Waals surface area contributed by atoms with Crippen LogP contribution in [0.4, 0.5) is 4.39 Å². The number of carbonyl (C=O) groups is 1. The molecule has 3 rings (SSSR count). The van der Waals surface area contributed by atoms with Crippen molar-refractivity contribution in [3.63, 3.8) is 0 Å². The van der Waals surface area contributed by atoms with Gasteiger partial charge in [0, 0.05) is 5.56 Å². The number of benzene rings is 2. The van der Waals surface area contributed by atoms with Crippen LogP contribution in [0.5, 0.6) is 0 Å². The monoisotopic (exact) mass is 368 g/mol. The molecule has 0 radical (unpaired) electrons. The number of aromatic carboxylic acids is 1. The predicted molar refractivity (Wildman–Crippen MR) is 101 cm³/mol. The smallest absolute Gasteiger partial charge is 0.335 e. The summed E-state index contributed by atoms with van der Waals surface area (Å²) in [6.07, 6.45) is 0. The van der Waals surface area contributed by atoms with E-state index in [1.807, 2.05) is 34.6 Å². The van der Waals surface area contributed by atoms with Crippen LogP contribution >= 0.6 is 0 Å². The summed E-state index contributed by atoms with van der Waals surface area (Å²) >= 11 is 0. The Hall–Kier alpha value is -3.02. The molecule has 0 spiro atoms. The molecule has 2 aromatic carbocycles. The van der Waals surface area contributed by atoms with E-state index < -0.39 is 11.8 Å². The molecule has 0 fully saturated rings. The molecule has 3 aromatic rings. The second kappa shape index (κ2) is 6.61. The van der Waals surface area contributed by atoms with Gasteiger partial charge in [-0.3, -0.25) is 0 Å². The summed E-state index contributed by atoms with van der Waals surface area (Å²) in [5.41, 5.74) is 5.85. The average molecular weight is 368 g/mol. The Balaban J connectivity index is 2.22. The van der Waals surface area contributed by atoms with E-state index in [0.717, 1.165) is 27.8 Å². The number of aryl methyl sites for hydroxylation is 2. The van der Waals surface area contributed by atoms with Crippen molar-refractivity contribution in [3.8, 4) is 22.8 Å². The summed E-state index contributed by atoms with van der Waals surface area (Å²) in [6.45, 7) is 11.0. The highest BCUT2D eigenvalue weighted by molar-refractivity contribution is 5.92. The van der Waals surface area contributed by atoms with Gasteiger partial charge < -0.3 is 9.63 Å². The molecule has 6 heteroatoms. The summed E-state index contributed by atoms with van der Waals surface area (Å²) in [5.74, 6) is -1.10. The molecular weight excluding hydrogens is 347 g/mol. The molecule has 0 aliphatic rings. The number of nitrogens with zero attached hydrogens (tertiary/aromatic N) is 2. The van der Waals surface area contributed by atoms with Gasteiger partial charge in [0.05, 0.1) is 11.1 Å². The summed E-state index contributed by atoms with van der Waals surface area (Å²) in [4.78, 5) is 15.9. The van der Waals surface area contributed by atoms with Crippen molar-refractivity contribution in [3.05, 3.63) is 56.9 Å². The largest absolute Gasteiger partial charge is 0.478 e. The molecule has 27 heavy (non-hydrogen) atoms. The van der Waals surface area contributed by atoms with Crippen LogP contribution in [0, 0.1) is 47.4 Å². The van der Waals surface area contributed by atoms with Crippen molar-refractivity contribution in [1.29, 1.82) is 0 Å². The Morgan fingerprint density at radius 3 is 2.19 bits per heavy atom. The highest BCUT2D eigenvalue weighted by atomic mass is 19.1. The number of halogens is 1. The minimum Gasteiger partial charge on any atom is -0.478 e. The van der Waals surface area contributed by atoms with E-state index in [1.165, 1.54) is 6.07 Å². The van der Waals surface area contributed by atoms with Crippen LogP contribution in [0.2, 0.25) is 0 Å². The van der Waals surface area contributed by atoms with Gasteiger partial charge in [-0.25, -0.2) is 9.18 Å². The molecule has 0 atom stereocenters. The Bertz CT molecular complexity index is 1080. The van der Waals surface area contributed by atoms with Crippen molar-refractivity contribution in [1.82, 2.24) is 10.1 Å². The van der Waals surface area contributed by atoms with E-state index >= 15 is 0 Å². The molecule has 0 bridgehead atoms. The first kappa shape index (κ1) is 18.8. The number of carboxylic acid groups (broad SMARTS) is 1. The maximum atomic E-state index is 14.6. The first-order valence-electron chi connectivity index (χ1n) is 8.58. The Morgan fingerprint density at radius 2 is 1.56 bits per heavy atom. The van der Waals surface area contributed by atoms with Crippen LogP contribution in [0.3, 0.4) is 0 Å². The van der Waals surface area contributed by atoms with Crippen molar-refractivity contribution in [2.24, 2.45) is 0 Å². The third-order valence-corrected chi connectivity index (χ3v) is 5.31. The molecule has 0 unspecified atom stereocenters. The summed E-state index contributed by atoms with van der Waals surface area (Å²) in [5, 5.41) is 13.5. The lowest BCUT2D eigenvalue weighted by molar-refractivity contribution is 0.0696. The molecule has 1 N–H and O–H groups in total. The molecule has 140 valence electrons. The second-order valence-electron chi connectivity index (χ2n) is 6.89. The van der Waals surface area contributed by atoms with Gasteiger partial charge in [-0.1, -0.05) is 5.16 Å². The standard InChI is InChI=1S/C21H21FN2O3/c1-9-7-15(21(25)26)14(6)17(12(9)4)19-23-20(27-24-19)18-13(5)11(3)10(2)8-16(18)22/h7-8H,1-6H3,(H,25,26). The summed E-state index contributed by atoms with van der Waals surface area (Å²) < 4.78 is 19.9.